The molecule has 7 heavy (non-hydrogen) atoms. The van der Waals surface area contributed by atoms with Crippen LogP contribution in [0.15, 0.2) is 0 Å². The first-order chi connectivity index (χ1) is 0. The Kier molecular flexibility index (Phi) is 221. The van der Waals surface area contributed by atoms with E-state index in [4.69, 9.17) is 0 Å². The molecule has 0 heterocycles. The fraction of sp³-hybridized carbons (Fsp3) is 0. The van der Waals surface area contributed by atoms with Gasteiger partial charge in [0.25, 0.3) is 0 Å². The Balaban J connectivity index is 0. The second-order valence-corrected chi connectivity index (χ2v) is 0. The van der Waals surface area contributed by atoms with Crippen molar-refractivity contribution in [2.24, 2.45) is 0 Å². The summed E-state index contributed by atoms with van der Waals surface area (Å²) in [7, 11) is 0. The molecule has 0 aromatic rings. The summed E-state index contributed by atoms with van der Waals surface area (Å²) in [6.45, 7) is 0. The summed E-state index contributed by atoms with van der Waals surface area (Å²) < 4.78 is 0. The zero-order valence-corrected chi connectivity index (χ0v) is 21.8. The van der Waals surface area contributed by atoms with Crippen LogP contribution in [0.3, 0.4) is 0 Å². The van der Waals surface area contributed by atoms with E-state index < -0.39 is 0 Å². The van der Waals surface area contributed by atoms with Crippen LogP contribution in [0, 0.1) is 0 Å². The molecule has 20 valence electrons. The van der Waals surface area contributed by atoms with Gasteiger partial charge in [-0.15, -0.1) is 0 Å². The predicted molar refractivity (Wildman–Crippen MR) is 35.6 cm³/mol. The van der Waals surface area contributed by atoms with Crippen molar-refractivity contribution in [3.8, 4) is 0 Å². The predicted octanol–water partition coefficient (Wildman–Crippen LogP) is -12.9. The van der Waals surface area contributed by atoms with Crippen LogP contribution in [0.2, 0.25) is 0 Å². The van der Waals surface area contributed by atoms with Crippen LogP contribution >= 0.6 is 0 Å². The van der Waals surface area contributed by atoms with Gasteiger partial charge in [0.05, 0.1) is 0 Å². The molecule has 0 nitrogen and oxygen atoms in total. The zero-order chi connectivity index (χ0) is 0. The van der Waals surface area contributed by atoms with Crippen LogP contribution in [-0.2, 0) is 0 Å². The van der Waals surface area contributed by atoms with Gasteiger partial charge < -0.3 is 0 Å². The maximum atomic E-state index is 0. The van der Waals surface area contributed by atoms with Gasteiger partial charge in [0.2, 0.25) is 0 Å². The third-order valence-corrected chi connectivity index (χ3v) is 0. The number of hydrogen-bond acceptors (Lipinski definition) is 0. The Morgan fingerprint density at radius 3 is 0.429 bits per heavy atom. The van der Waals surface area contributed by atoms with Crippen LogP contribution in [0.4, 0.5) is 0 Å². The molecular weight excluding hydrogens is 638 g/mol. The summed E-state index contributed by atoms with van der Waals surface area (Å²) in [6, 6.07) is 0. The standard InChI is InChI=1S/3Cs.3K.Sb.9H/q3*+1;;;;-3;;;;;;;;;. The Morgan fingerprint density at radius 1 is 0.429 bits per heavy atom. The van der Waals surface area contributed by atoms with Crippen LogP contribution in [-0.4, -0.2) is 179 Å². The Labute approximate surface area is 368 Å². The quantitative estimate of drug-likeness (QED) is 0.230. The van der Waals surface area contributed by atoms with Crippen LogP contribution in [0.25, 0.3) is 0 Å². The molecule has 0 fully saturated rings. The fourth-order valence-corrected chi connectivity index (χ4v) is 0. The van der Waals surface area contributed by atoms with Gasteiger partial charge in [-0.25, -0.2) is 0 Å². The van der Waals surface area contributed by atoms with Gasteiger partial charge in [-0.1, -0.05) is 0 Å². The average Bonchev–Trinajstić information content (AvgIpc) is 0. The van der Waals surface area contributed by atoms with Crippen LogP contribution < -0.4 is 207 Å². The number of rotatable bonds is 0. The molecule has 0 spiro atoms. The Morgan fingerprint density at radius 2 is 0.429 bits per heavy atom. The van der Waals surface area contributed by atoms with Crippen LogP contribution in [0.1, 0.15) is 0 Å². The first kappa shape index (κ1) is 42.8. The topological polar surface area (TPSA) is 0 Å². The molecule has 0 saturated heterocycles. The van der Waals surface area contributed by atoms with Crippen molar-refractivity contribution in [2.75, 3.05) is 0 Å². The monoisotopic (exact) mass is 646 g/mol. The molecule has 0 aliphatic rings. The molecule has 0 unspecified atom stereocenters. The summed E-state index contributed by atoms with van der Waals surface area (Å²) in [5.74, 6) is 0. The molecule has 0 aromatic carbocycles. The van der Waals surface area contributed by atoms with Gasteiger partial charge in [0, 0.05) is 0 Å². The van der Waals surface area contributed by atoms with E-state index in [0.29, 0.717) is 0 Å². The maximum absolute atomic E-state index is 0. The van der Waals surface area contributed by atoms with E-state index in [0.717, 1.165) is 0 Å². The third kappa shape index (κ3) is 31.9. The van der Waals surface area contributed by atoms with Gasteiger partial charge >= 0.3 is 385 Å². The van der Waals surface area contributed by atoms with Gasteiger partial charge in [-0.05, 0) is 0 Å². The van der Waals surface area contributed by atoms with E-state index in [2.05, 4.69) is 0 Å². The van der Waals surface area contributed by atoms with Gasteiger partial charge in [0.1, 0.15) is 0 Å². The molecule has 0 N–H and O–H groups in total. The van der Waals surface area contributed by atoms with Crippen molar-refractivity contribution in [1.29, 1.82) is 0 Å². The van der Waals surface area contributed by atoms with Crippen molar-refractivity contribution in [3.05, 3.63) is 0 Å². The van der Waals surface area contributed by atoms with E-state index in [1.54, 1.807) is 0 Å². The SMILES string of the molecule is [Cs+].[Cs+].[Cs+].[KH].[KH].[KH].[SbH6-3]. The van der Waals surface area contributed by atoms with Crippen molar-refractivity contribution in [1.82, 2.24) is 0 Å². The Hall–Kier alpha value is 11.9. The molecule has 0 bridgehead atoms. The normalized spacial score (nSPS) is 0. The van der Waals surface area contributed by atoms with E-state index >= 15 is 0 Å². The minimum absolute atomic E-state index is 0. The molecule has 7 heteroatoms. The summed E-state index contributed by atoms with van der Waals surface area (Å²) in [5, 5.41) is 0. The molecule has 0 radical (unpaired) electrons. The molecule has 0 aromatic heterocycles. The van der Waals surface area contributed by atoms with E-state index in [9.17, 15) is 0 Å². The molecule has 0 aliphatic carbocycles. The molecule has 0 rings (SSSR count). The first-order valence-corrected chi connectivity index (χ1v) is 0. The summed E-state index contributed by atoms with van der Waals surface area (Å²) in [5.41, 5.74) is 0. The summed E-state index contributed by atoms with van der Waals surface area (Å²) in [6.07, 6.45) is 0. The van der Waals surface area contributed by atoms with Crippen molar-refractivity contribution < 1.29 is 207 Å². The first-order valence-electron chi connectivity index (χ1n) is 0. The molecule has 0 saturated carbocycles. The van der Waals surface area contributed by atoms with Gasteiger partial charge in [-0.3, -0.25) is 0 Å². The third-order valence-electron chi connectivity index (χ3n) is 0. The Bertz CT molecular complexity index is 10.1. The van der Waals surface area contributed by atoms with Crippen molar-refractivity contribution in [2.45, 2.75) is 0 Å². The van der Waals surface area contributed by atoms with Gasteiger partial charge in [0.15, 0.2) is 0 Å². The molecular formula is H9Cs3K3Sb. The average molecular weight is 647 g/mol. The summed E-state index contributed by atoms with van der Waals surface area (Å²) in [4.78, 5) is 0. The molecule has 0 atom stereocenters. The second-order valence-electron chi connectivity index (χ2n) is 0. The minimum atomic E-state index is 0. The number of hydrogen-bond donors (Lipinski definition) is 0. The fourth-order valence-electron chi connectivity index (χ4n) is 0. The van der Waals surface area contributed by atoms with Crippen molar-refractivity contribution in [3.63, 3.8) is 0 Å². The van der Waals surface area contributed by atoms with Gasteiger partial charge in [-0.2, -0.15) is 0 Å². The van der Waals surface area contributed by atoms with Crippen LogP contribution in [0.5, 0.6) is 0 Å². The van der Waals surface area contributed by atoms with E-state index in [1.165, 1.54) is 0 Å². The molecule has 0 aliphatic heterocycles. The zero-order valence-electron chi connectivity index (χ0n) is 3.00. The van der Waals surface area contributed by atoms with E-state index in [1.807, 2.05) is 0 Å². The summed E-state index contributed by atoms with van der Waals surface area (Å²) >= 11 is 0. The van der Waals surface area contributed by atoms with Crippen molar-refractivity contribution >= 4 is 179 Å². The second kappa shape index (κ2) is 36.1. The van der Waals surface area contributed by atoms with E-state index in [-0.39, 0.29) is 385 Å². The molecule has 0 amide bonds.